The maximum absolute atomic E-state index is 12.3. The van der Waals surface area contributed by atoms with Crippen LogP contribution in [0.1, 0.15) is 16.3 Å². The monoisotopic (exact) mass is 336 g/mol. The minimum atomic E-state index is -0.338. The van der Waals surface area contributed by atoms with Gasteiger partial charge in [0.15, 0.2) is 16.6 Å². The number of carbonyl (C=O) groups excluding carboxylic acids is 1. The summed E-state index contributed by atoms with van der Waals surface area (Å²) < 4.78 is 2.81. The van der Waals surface area contributed by atoms with Crippen LogP contribution in [0.2, 0.25) is 0 Å². The highest BCUT2D eigenvalue weighted by atomic mass is 32.1. The van der Waals surface area contributed by atoms with Gasteiger partial charge in [-0.2, -0.15) is 0 Å². The van der Waals surface area contributed by atoms with Gasteiger partial charge < -0.3 is 0 Å². The van der Waals surface area contributed by atoms with Crippen molar-refractivity contribution in [2.24, 2.45) is 0 Å². The lowest BCUT2D eigenvalue weighted by atomic mass is 10.3. The quantitative estimate of drug-likeness (QED) is 0.622. The molecule has 4 rings (SSSR count). The Morgan fingerprint density at radius 1 is 1.17 bits per heavy atom. The zero-order valence-corrected chi connectivity index (χ0v) is 13.5. The number of para-hydroxylation sites is 1. The van der Waals surface area contributed by atoms with Crippen molar-refractivity contribution >= 4 is 32.6 Å². The second-order valence-corrected chi connectivity index (χ2v) is 6.09. The first-order valence-corrected chi connectivity index (χ1v) is 8.03. The molecule has 4 aromatic rings. The van der Waals surface area contributed by atoms with Gasteiger partial charge in [0.1, 0.15) is 5.82 Å². The van der Waals surface area contributed by atoms with Crippen LogP contribution in [0.5, 0.6) is 0 Å². The van der Waals surface area contributed by atoms with Crippen molar-refractivity contribution in [3.05, 3.63) is 60.3 Å². The molecule has 1 aromatic carbocycles. The molecular weight excluding hydrogens is 324 g/mol. The van der Waals surface area contributed by atoms with Crippen molar-refractivity contribution in [2.45, 2.75) is 6.92 Å². The van der Waals surface area contributed by atoms with E-state index in [1.165, 1.54) is 11.3 Å². The summed E-state index contributed by atoms with van der Waals surface area (Å²) >= 11 is 1.42. The van der Waals surface area contributed by atoms with Crippen LogP contribution < -0.4 is 5.32 Å². The van der Waals surface area contributed by atoms with Crippen molar-refractivity contribution in [1.82, 2.24) is 24.7 Å². The van der Waals surface area contributed by atoms with Gasteiger partial charge in [-0.05, 0) is 31.2 Å². The summed E-state index contributed by atoms with van der Waals surface area (Å²) in [5.74, 6) is 1.08. The molecule has 24 heavy (non-hydrogen) atoms. The van der Waals surface area contributed by atoms with Gasteiger partial charge in [0.25, 0.3) is 5.91 Å². The molecule has 0 unspecified atom stereocenters. The molecule has 3 aromatic heterocycles. The summed E-state index contributed by atoms with van der Waals surface area (Å²) in [6.45, 7) is 1.87. The van der Waals surface area contributed by atoms with Crippen molar-refractivity contribution in [1.29, 1.82) is 0 Å². The number of amides is 1. The molecule has 8 heteroatoms. The fourth-order valence-electron chi connectivity index (χ4n) is 2.28. The fraction of sp³-hybridized carbons (Fsp3) is 0.0625. The Morgan fingerprint density at radius 2 is 2.04 bits per heavy atom. The van der Waals surface area contributed by atoms with Gasteiger partial charge in [0, 0.05) is 12.4 Å². The topological polar surface area (TPSA) is 85.6 Å². The summed E-state index contributed by atoms with van der Waals surface area (Å²) in [4.78, 5) is 20.8. The van der Waals surface area contributed by atoms with Gasteiger partial charge in [0.2, 0.25) is 0 Å². The van der Waals surface area contributed by atoms with E-state index < -0.39 is 0 Å². The number of hydrogen-bond acceptors (Lipinski definition) is 6. The largest absolute Gasteiger partial charge is 0.296 e. The van der Waals surface area contributed by atoms with Crippen molar-refractivity contribution in [3.8, 4) is 5.82 Å². The Bertz CT molecular complexity index is 987. The van der Waals surface area contributed by atoms with Crippen LogP contribution in [0.15, 0.2) is 48.8 Å². The third-order valence-electron chi connectivity index (χ3n) is 3.47. The average molecular weight is 336 g/mol. The maximum Gasteiger partial charge on any atom is 0.277 e. The number of thiazole rings is 1. The molecule has 0 saturated heterocycles. The molecule has 3 heterocycles. The van der Waals surface area contributed by atoms with Gasteiger partial charge in [0.05, 0.1) is 10.2 Å². The Hall–Kier alpha value is -3.13. The molecule has 0 saturated carbocycles. The molecule has 0 spiro atoms. The first-order valence-electron chi connectivity index (χ1n) is 7.22. The summed E-state index contributed by atoms with van der Waals surface area (Å²) in [5.41, 5.74) is 1.09. The molecule has 0 atom stereocenters. The van der Waals surface area contributed by atoms with Crippen LogP contribution >= 0.6 is 11.3 Å². The van der Waals surface area contributed by atoms with E-state index in [0.29, 0.717) is 10.9 Å². The number of rotatable bonds is 3. The standard InChI is InChI=1S/C16H12N6OS/c1-10-17-8-9-22(10)14-7-6-12(20-21-14)15(23)19-16-18-11-4-2-3-5-13(11)24-16/h2-9H,1H3,(H,18,19,23). The van der Waals surface area contributed by atoms with Gasteiger partial charge in [-0.3, -0.25) is 14.7 Å². The average Bonchev–Trinajstić information content (AvgIpc) is 3.20. The fourth-order valence-corrected chi connectivity index (χ4v) is 3.14. The van der Waals surface area contributed by atoms with E-state index in [1.807, 2.05) is 31.2 Å². The van der Waals surface area contributed by atoms with E-state index in [0.717, 1.165) is 16.0 Å². The molecule has 0 fully saturated rings. The van der Waals surface area contributed by atoms with Crippen LogP contribution in [0.25, 0.3) is 16.0 Å². The van der Waals surface area contributed by atoms with Crippen molar-refractivity contribution < 1.29 is 4.79 Å². The number of anilines is 1. The number of aryl methyl sites for hydroxylation is 1. The van der Waals surface area contributed by atoms with Gasteiger partial charge in [-0.1, -0.05) is 23.5 Å². The molecule has 1 amide bonds. The lowest BCUT2D eigenvalue weighted by Crippen LogP contribution is -2.15. The molecule has 7 nitrogen and oxygen atoms in total. The number of aromatic nitrogens is 5. The van der Waals surface area contributed by atoms with Crippen LogP contribution in [-0.4, -0.2) is 30.6 Å². The summed E-state index contributed by atoms with van der Waals surface area (Å²) in [6.07, 6.45) is 3.48. The molecule has 0 aliphatic rings. The van der Waals surface area contributed by atoms with Gasteiger partial charge >= 0.3 is 0 Å². The number of benzene rings is 1. The van der Waals surface area contributed by atoms with E-state index in [2.05, 4.69) is 25.5 Å². The molecular formula is C16H12N6OS. The first-order chi connectivity index (χ1) is 11.7. The van der Waals surface area contributed by atoms with Gasteiger partial charge in [-0.15, -0.1) is 10.2 Å². The number of imidazole rings is 1. The van der Waals surface area contributed by atoms with Crippen LogP contribution in [0.3, 0.4) is 0 Å². The Kier molecular flexibility index (Phi) is 3.51. The number of nitrogens with zero attached hydrogens (tertiary/aromatic N) is 5. The minimum Gasteiger partial charge on any atom is -0.296 e. The normalized spacial score (nSPS) is 10.9. The second kappa shape index (κ2) is 5.82. The SMILES string of the molecule is Cc1nccn1-c1ccc(C(=O)Nc2nc3ccccc3s2)nn1. The Labute approximate surface area is 141 Å². The molecule has 0 aliphatic heterocycles. The highest BCUT2D eigenvalue weighted by Gasteiger charge is 2.12. The van der Waals surface area contributed by atoms with Crippen molar-refractivity contribution in [2.75, 3.05) is 5.32 Å². The number of hydrogen-bond donors (Lipinski definition) is 1. The third kappa shape index (κ3) is 2.63. The predicted octanol–water partition coefficient (Wildman–Crippen LogP) is 2.83. The molecule has 118 valence electrons. The smallest absolute Gasteiger partial charge is 0.277 e. The van der Waals surface area contributed by atoms with Crippen LogP contribution in [0.4, 0.5) is 5.13 Å². The van der Waals surface area contributed by atoms with E-state index in [1.54, 1.807) is 29.1 Å². The van der Waals surface area contributed by atoms with Crippen LogP contribution in [-0.2, 0) is 0 Å². The molecule has 0 bridgehead atoms. The predicted molar refractivity (Wildman–Crippen MR) is 91.5 cm³/mol. The first kappa shape index (κ1) is 14.5. The van der Waals surface area contributed by atoms with E-state index in [9.17, 15) is 4.79 Å². The lowest BCUT2D eigenvalue weighted by Gasteiger charge is -2.04. The number of nitrogens with one attached hydrogen (secondary N) is 1. The highest BCUT2D eigenvalue weighted by Crippen LogP contribution is 2.25. The third-order valence-corrected chi connectivity index (χ3v) is 4.42. The minimum absolute atomic E-state index is 0.232. The Balaban J connectivity index is 1.55. The zero-order valence-electron chi connectivity index (χ0n) is 12.7. The lowest BCUT2D eigenvalue weighted by molar-refractivity contribution is 0.102. The molecule has 1 N–H and O–H groups in total. The Morgan fingerprint density at radius 3 is 2.75 bits per heavy atom. The number of fused-ring (bicyclic) bond motifs is 1. The molecule has 0 radical (unpaired) electrons. The molecule has 0 aliphatic carbocycles. The number of carbonyl (C=O) groups is 1. The zero-order chi connectivity index (χ0) is 16.5. The summed E-state index contributed by atoms with van der Waals surface area (Å²) in [5, 5.41) is 11.4. The van der Waals surface area contributed by atoms with E-state index >= 15 is 0 Å². The second-order valence-electron chi connectivity index (χ2n) is 5.06. The van der Waals surface area contributed by atoms with Crippen molar-refractivity contribution in [3.63, 3.8) is 0 Å². The van der Waals surface area contributed by atoms with E-state index in [-0.39, 0.29) is 11.6 Å². The summed E-state index contributed by atoms with van der Waals surface area (Å²) in [6, 6.07) is 11.1. The van der Waals surface area contributed by atoms with E-state index in [4.69, 9.17) is 0 Å². The maximum atomic E-state index is 12.3. The summed E-state index contributed by atoms with van der Waals surface area (Å²) in [7, 11) is 0. The highest BCUT2D eigenvalue weighted by molar-refractivity contribution is 7.22. The van der Waals surface area contributed by atoms with Crippen LogP contribution in [0, 0.1) is 6.92 Å². The van der Waals surface area contributed by atoms with Gasteiger partial charge in [-0.25, -0.2) is 9.97 Å².